The number of aromatic nitrogens is 1. The van der Waals surface area contributed by atoms with E-state index in [-0.39, 0.29) is 5.97 Å². The summed E-state index contributed by atoms with van der Waals surface area (Å²) in [6.45, 7) is 6.71. The number of benzene rings is 1. The number of hydrogen-bond acceptors (Lipinski definition) is 5. The van der Waals surface area contributed by atoms with Gasteiger partial charge in [-0.15, -0.1) is 0 Å². The summed E-state index contributed by atoms with van der Waals surface area (Å²) >= 11 is 0. The van der Waals surface area contributed by atoms with E-state index in [1.165, 1.54) is 23.6 Å². The van der Waals surface area contributed by atoms with Gasteiger partial charge < -0.3 is 14.5 Å². The van der Waals surface area contributed by atoms with Crippen molar-refractivity contribution < 1.29 is 14.3 Å². The fraction of sp³-hybridized carbons (Fsp3) is 0.591. The van der Waals surface area contributed by atoms with Crippen LogP contribution in [0.4, 0.5) is 0 Å². The van der Waals surface area contributed by atoms with Crippen LogP contribution in [0.3, 0.4) is 0 Å². The van der Waals surface area contributed by atoms with E-state index in [0.29, 0.717) is 18.4 Å². The zero-order chi connectivity index (χ0) is 19.3. The minimum atomic E-state index is -0.102. The first kappa shape index (κ1) is 19.4. The highest BCUT2D eigenvalue weighted by molar-refractivity contribution is 5.82. The molecule has 1 N–H and O–H groups in total. The van der Waals surface area contributed by atoms with E-state index in [0.717, 1.165) is 58.8 Å². The molecular weight excluding hydrogens is 354 g/mol. The van der Waals surface area contributed by atoms with Crippen LogP contribution in [-0.2, 0) is 20.8 Å². The minimum absolute atomic E-state index is 0.102. The number of carbonyl (C=O) groups excluding carboxylic acids is 1. The van der Waals surface area contributed by atoms with Gasteiger partial charge in [-0.2, -0.15) is 0 Å². The Bertz CT molecular complexity index is 784. The largest absolute Gasteiger partial charge is 0.469 e. The number of para-hydroxylation sites is 1. The molecule has 0 spiro atoms. The number of fused-ring (bicyclic) bond motifs is 1. The van der Waals surface area contributed by atoms with Gasteiger partial charge in [0.05, 0.1) is 20.3 Å². The number of nitrogens with zero attached hydrogens (tertiary/aromatic N) is 2. The van der Waals surface area contributed by atoms with Crippen LogP contribution in [0.5, 0.6) is 0 Å². The first-order valence-electron chi connectivity index (χ1n) is 10.4. The van der Waals surface area contributed by atoms with Crippen molar-refractivity contribution in [3.63, 3.8) is 0 Å². The Kier molecular flexibility index (Phi) is 6.29. The maximum atomic E-state index is 11.7. The van der Waals surface area contributed by atoms with Gasteiger partial charge >= 0.3 is 5.97 Å². The number of aromatic amines is 1. The predicted molar refractivity (Wildman–Crippen MR) is 109 cm³/mol. The lowest BCUT2D eigenvalue weighted by Gasteiger charge is -2.45. The van der Waals surface area contributed by atoms with Crippen LogP contribution in [0.1, 0.15) is 24.8 Å². The van der Waals surface area contributed by atoms with Crippen LogP contribution in [0.25, 0.3) is 10.9 Å². The van der Waals surface area contributed by atoms with E-state index in [4.69, 9.17) is 9.47 Å². The number of carbonyl (C=O) groups is 1. The molecule has 2 saturated heterocycles. The standard InChI is InChI=1S/C22H31N3O3/c1-27-22(26)7-6-17-15-24(9-8-21(17)25-10-12-28-13-11-25)16-18-14-23-20-5-3-2-4-19(18)20/h2-5,14,17,21,23H,6-13,15-16H2,1H3/t17-,21+/m0/s1. The molecular formula is C22H31N3O3. The fourth-order valence-corrected chi connectivity index (χ4v) is 4.82. The molecule has 0 saturated carbocycles. The average molecular weight is 386 g/mol. The monoisotopic (exact) mass is 385 g/mol. The molecule has 6 nitrogen and oxygen atoms in total. The van der Waals surface area contributed by atoms with E-state index < -0.39 is 0 Å². The van der Waals surface area contributed by atoms with E-state index >= 15 is 0 Å². The van der Waals surface area contributed by atoms with Crippen LogP contribution >= 0.6 is 0 Å². The number of methoxy groups -OCH3 is 1. The van der Waals surface area contributed by atoms with Gasteiger partial charge in [-0.3, -0.25) is 14.6 Å². The maximum Gasteiger partial charge on any atom is 0.305 e. The highest BCUT2D eigenvalue weighted by atomic mass is 16.5. The lowest BCUT2D eigenvalue weighted by molar-refractivity contribution is -0.141. The molecule has 0 radical (unpaired) electrons. The van der Waals surface area contributed by atoms with Crippen molar-refractivity contribution >= 4 is 16.9 Å². The highest BCUT2D eigenvalue weighted by Gasteiger charge is 2.34. The molecule has 0 aliphatic carbocycles. The number of piperidine rings is 1. The molecule has 6 heteroatoms. The van der Waals surface area contributed by atoms with Gasteiger partial charge in [0.25, 0.3) is 0 Å². The lowest BCUT2D eigenvalue weighted by atomic mass is 9.86. The molecule has 0 amide bonds. The smallest absolute Gasteiger partial charge is 0.305 e. The minimum Gasteiger partial charge on any atom is -0.469 e. The summed E-state index contributed by atoms with van der Waals surface area (Å²) in [5.41, 5.74) is 2.55. The molecule has 2 aliphatic heterocycles. The second kappa shape index (κ2) is 9.07. The summed E-state index contributed by atoms with van der Waals surface area (Å²) in [7, 11) is 1.48. The van der Waals surface area contributed by atoms with Crippen LogP contribution in [-0.4, -0.2) is 73.3 Å². The first-order valence-corrected chi connectivity index (χ1v) is 10.4. The molecule has 0 unspecified atom stereocenters. The lowest BCUT2D eigenvalue weighted by Crippen LogP contribution is -2.53. The first-order chi connectivity index (χ1) is 13.7. The maximum absolute atomic E-state index is 11.7. The molecule has 2 fully saturated rings. The number of esters is 1. The van der Waals surface area contributed by atoms with Crippen molar-refractivity contribution in [2.45, 2.75) is 31.8 Å². The zero-order valence-corrected chi connectivity index (χ0v) is 16.7. The number of ether oxygens (including phenoxy) is 2. The van der Waals surface area contributed by atoms with Crippen LogP contribution in [0, 0.1) is 5.92 Å². The Hall–Kier alpha value is -1.89. The molecule has 2 aliphatic rings. The number of nitrogens with one attached hydrogen (secondary N) is 1. The van der Waals surface area contributed by atoms with Crippen molar-refractivity contribution in [2.24, 2.45) is 5.92 Å². The molecule has 0 bridgehead atoms. The van der Waals surface area contributed by atoms with Gasteiger partial charge in [-0.1, -0.05) is 18.2 Å². The Morgan fingerprint density at radius 2 is 2.07 bits per heavy atom. The Morgan fingerprint density at radius 3 is 2.89 bits per heavy atom. The number of hydrogen-bond donors (Lipinski definition) is 1. The third-order valence-corrected chi connectivity index (χ3v) is 6.31. The number of morpholine rings is 1. The van der Waals surface area contributed by atoms with Gasteiger partial charge in [0.1, 0.15) is 0 Å². The molecule has 28 heavy (non-hydrogen) atoms. The van der Waals surface area contributed by atoms with Gasteiger partial charge in [0.15, 0.2) is 0 Å². The molecule has 2 atom stereocenters. The van der Waals surface area contributed by atoms with Crippen molar-refractivity contribution in [3.05, 3.63) is 36.0 Å². The predicted octanol–water partition coefficient (Wildman–Crippen LogP) is 2.64. The van der Waals surface area contributed by atoms with Gasteiger partial charge in [-0.05, 0) is 36.9 Å². The number of likely N-dealkylation sites (tertiary alicyclic amines) is 1. The molecule has 1 aromatic carbocycles. The summed E-state index contributed by atoms with van der Waals surface area (Å²) in [5.74, 6) is 0.380. The SMILES string of the molecule is COC(=O)CC[C@H]1CN(Cc2c[nH]c3ccccc23)CC[C@H]1N1CCOCC1. The fourth-order valence-electron chi connectivity index (χ4n) is 4.82. The quantitative estimate of drug-likeness (QED) is 0.775. The van der Waals surface area contributed by atoms with Gasteiger partial charge in [0.2, 0.25) is 0 Å². The van der Waals surface area contributed by atoms with Crippen molar-refractivity contribution in [2.75, 3.05) is 46.5 Å². The molecule has 1 aromatic heterocycles. The van der Waals surface area contributed by atoms with Crippen molar-refractivity contribution in [1.82, 2.24) is 14.8 Å². The summed E-state index contributed by atoms with van der Waals surface area (Å²) in [5, 5.41) is 1.31. The van der Waals surface area contributed by atoms with E-state index in [2.05, 4.69) is 45.2 Å². The van der Waals surface area contributed by atoms with Gasteiger partial charge in [-0.25, -0.2) is 0 Å². The Morgan fingerprint density at radius 1 is 1.25 bits per heavy atom. The summed E-state index contributed by atoms with van der Waals surface area (Å²) in [6, 6.07) is 9.02. The zero-order valence-electron chi connectivity index (χ0n) is 16.7. The summed E-state index contributed by atoms with van der Waals surface area (Å²) in [4.78, 5) is 20.3. The third-order valence-electron chi connectivity index (χ3n) is 6.31. The van der Waals surface area contributed by atoms with Gasteiger partial charge in [0, 0.05) is 55.7 Å². The van der Waals surface area contributed by atoms with Crippen LogP contribution in [0.2, 0.25) is 0 Å². The number of rotatable bonds is 6. The molecule has 152 valence electrons. The van der Waals surface area contributed by atoms with Crippen LogP contribution in [0.15, 0.2) is 30.5 Å². The third kappa shape index (κ3) is 4.40. The highest BCUT2D eigenvalue weighted by Crippen LogP contribution is 2.29. The summed E-state index contributed by atoms with van der Waals surface area (Å²) < 4.78 is 10.4. The normalized spacial score (nSPS) is 24.5. The van der Waals surface area contributed by atoms with Crippen molar-refractivity contribution in [3.8, 4) is 0 Å². The van der Waals surface area contributed by atoms with E-state index in [9.17, 15) is 4.79 Å². The summed E-state index contributed by atoms with van der Waals surface area (Å²) in [6.07, 6.45) is 4.68. The topological polar surface area (TPSA) is 57.8 Å². The van der Waals surface area contributed by atoms with E-state index in [1.54, 1.807) is 0 Å². The van der Waals surface area contributed by atoms with E-state index in [1.807, 2.05) is 0 Å². The Labute approximate surface area is 166 Å². The second-order valence-electron chi connectivity index (χ2n) is 7.97. The Balaban J connectivity index is 1.44. The second-order valence-corrected chi connectivity index (χ2v) is 7.97. The van der Waals surface area contributed by atoms with Crippen molar-refractivity contribution in [1.29, 1.82) is 0 Å². The molecule has 2 aromatic rings. The average Bonchev–Trinajstić information content (AvgIpc) is 3.15. The molecule has 4 rings (SSSR count). The number of H-pyrrole nitrogens is 1. The molecule has 3 heterocycles. The van der Waals surface area contributed by atoms with Crippen LogP contribution < -0.4 is 0 Å².